The Bertz CT molecular complexity index is 759. The summed E-state index contributed by atoms with van der Waals surface area (Å²) in [5, 5.41) is 15.3. The van der Waals surface area contributed by atoms with Gasteiger partial charge in [0.1, 0.15) is 17.7 Å². The molecule has 0 aliphatic heterocycles. The van der Waals surface area contributed by atoms with Gasteiger partial charge in [-0.3, -0.25) is 9.59 Å². The lowest BCUT2D eigenvalue weighted by Crippen LogP contribution is -2.58. The van der Waals surface area contributed by atoms with E-state index in [2.05, 4.69) is 10.6 Å². The van der Waals surface area contributed by atoms with Crippen LogP contribution in [0, 0.1) is 0 Å². The molecular formula is C24H37N3O5. The summed E-state index contributed by atoms with van der Waals surface area (Å²) in [6.07, 6.45) is 3.47. The molecule has 3 amide bonds. The number of alkyl carbamates (subject to hydrolysis) is 1. The Morgan fingerprint density at radius 3 is 2.34 bits per heavy atom. The normalized spacial score (nSPS) is 15.8. The van der Waals surface area contributed by atoms with Gasteiger partial charge < -0.3 is 25.4 Å². The lowest BCUT2D eigenvalue weighted by Gasteiger charge is -2.43. The van der Waals surface area contributed by atoms with Gasteiger partial charge in [0.2, 0.25) is 11.8 Å². The van der Waals surface area contributed by atoms with E-state index in [-0.39, 0.29) is 11.9 Å². The summed E-state index contributed by atoms with van der Waals surface area (Å²) in [4.78, 5) is 40.6. The molecular weight excluding hydrogens is 410 g/mol. The fourth-order valence-electron chi connectivity index (χ4n) is 3.56. The van der Waals surface area contributed by atoms with Gasteiger partial charge in [-0.1, -0.05) is 43.7 Å². The average Bonchev–Trinajstić information content (AvgIpc) is 2.69. The smallest absolute Gasteiger partial charge is 0.408 e. The molecule has 2 rings (SSSR count). The van der Waals surface area contributed by atoms with Gasteiger partial charge in [-0.25, -0.2) is 4.79 Å². The van der Waals surface area contributed by atoms with Crippen molar-refractivity contribution in [3.05, 3.63) is 35.9 Å². The molecule has 178 valence electrons. The lowest BCUT2D eigenvalue weighted by molar-refractivity contribution is -0.148. The SMILES string of the molecule is CCCCNC(=O)C(c1ccccc1)N(C(=O)C(CO)NC(=O)OC(C)(C)C)C1CCC1. The fourth-order valence-corrected chi connectivity index (χ4v) is 3.56. The van der Waals surface area contributed by atoms with Crippen LogP contribution in [0.25, 0.3) is 0 Å². The number of carbonyl (C=O) groups excluding carboxylic acids is 3. The third-order valence-corrected chi connectivity index (χ3v) is 5.37. The Morgan fingerprint density at radius 2 is 1.84 bits per heavy atom. The number of carbonyl (C=O) groups is 3. The van der Waals surface area contributed by atoms with Gasteiger partial charge in [0.05, 0.1) is 6.61 Å². The molecule has 1 aromatic carbocycles. The van der Waals surface area contributed by atoms with E-state index in [0.29, 0.717) is 12.1 Å². The molecule has 32 heavy (non-hydrogen) atoms. The molecule has 2 unspecified atom stereocenters. The van der Waals surface area contributed by atoms with Crippen LogP contribution < -0.4 is 10.6 Å². The second-order valence-electron chi connectivity index (χ2n) is 9.17. The number of ether oxygens (including phenoxy) is 1. The molecule has 0 heterocycles. The first kappa shape index (κ1) is 25.6. The summed E-state index contributed by atoms with van der Waals surface area (Å²) in [5.74, 6) is -0.763. The zero-order valence-corrected chi connectivity index (χ0v) is 19.6. The van der Waals surface area contributed by atoms with Gasteiger partial charge in [-0.05, 0) is 52.0 Å². The van der Waals surface area contributed by atoms with Crippen LogP contribution in [0.4, 0.5) is 4.79 Å². The minimum Gasteiger partial charge on any atom is -0.444 e. The van der Waals surface area contributed by atoms with Gasteiger partial charge >= 0.3 is 6.09 Å². The molecule has 3 N–H and O–H groups in total. The van der Waals surface area contributed by atoms with Gasteiger partial charge in [0, 0.05) is 12.6 Å². The maximum absolute atomic E-state index is 13.6. The van der Waals surface area contributed by atoms with Crippen LogP contribution in [0.3, 0.4) is 0 Å². The molecule has 1 aromatic rings. The molecule has 1 aliphatic rings. The predicted octanol–water partition coefficient (Wildman–Crippen LogP) is 2.91. The number of nitrogens with zero attached hydrogens (tertiary/aromatic N) is 1. The summed E-state index contributed by atoms with van der Waals surface area (Å²) in [5.41, 5.74) is -0.0530. The van der Waals surface area contributed by atoms with Crippen molar-refractivity contribution < 1.29 is 24.2 Å². The van der Waals surface area contributed by atoms with Crippen molar-refractivity contribution in [1.82, 2.24) is 15.5 Å². The van der Waals surface area contributed by atoms with E-state index in [0.717, 1.165) is 32.1 Å². The van der Waals surface area contributed by atoms with Crippen molar-refractivity contribution in [3.8, 4) is 0 Å². The van der Waals surface area contributed by atoms with Crippen LogP contribution in [0.15, 0.2) is 30.3 Å². The zero-order valence-electron chi connectivity index (χ0n) is 19.6. The van der Waals surface area contributed by atoms with Crippen LogP contribution in [0.2, 0.25) is 0 Å². The highest BCUT2D eigenvalue weighted by atomic mass is 16.6. The quantitative estimate of drug-likeness (QED) is 0.478. The fraction of sp³-hybridized carbons (Fsp3) is 0.625. The standard InChI is InChI=1S/C24H37N3O5/c1-5-6-15-25-21(29)20(17-11-8-7-9-12-17)27(18-13-10-14-18)22(30)19(16-28)26-23(31)32-24(2,3)4/h7-9,11-12,18-20,28H,5-6,10,13-16H2,1-4H3,(H,25,29)(H,26,31). The highest BCUT2D eigenvalue weighted by Crippen LogP contribution is 2.33. The van der Waals surface area contributed by atoms with Crippen molar-refractivity contribution in [1.29, 1.82) is 0 Å². The first-order valence-electron chi connectivity index (χ1n) is 11.4. The van der Waals surface area contributed by atoms with Gasteiger partial charge in [-0.2, -0.15) is 0 Å². The number of aliphatic hydroxyl groups is 1. The summed E-state index contributed by atoms with van der Waals surface area (Å²) in [6.45, 7) is 7.11. The third-order valence-electron chi connectivity index (χ3n) is 5.37. The highest BCUT2D eigenvalue weighted by molar-refractivity contribution is 5.92. The minimum atomic E-state index is -1.21. The summed E-state index contributed by atoms with van der Waals surface area (Å²) >= 11 is 0. The van der Waals surface area contributed by atoms with Crippen LogP contribution in [-0.2, 0) is 14.3 Å². The highest BCUT2D eigenvalue weighted by Gasteiger charge is 2.41. The summed E-state index contributed by atoms with van der Waals surface area (Å²) in [7, 11) is 0. The number of hydrogen-bond donors (Lipinski definition) is 3. The van der Waals surface area contributed by atoms with Crippen molar-refractivity contribution in [2.24, 2.45) is 0 Å². The van der Waals surface area contributed by atoms with Crippen molar-refractivity contribution in [2.45, 2.75) is 83.5 Å². The molecule has 1 saturated carbocycles. The van der Waals surface area contributed by atoms with E-state index in [1.165, 1.54) is 0 Å². The summed E-state index contributed by atoms with van der Waals surface area (Å²) in [6, 6.07) is 6.95. The number of aliphatic hydroxyl groups excluding tert-OH is 1. The predicted molar refractivity (Wildman–Crippen MR) is 122 cm³/mol. The van der Waals surface area contributed by atoms with E-state index in [4.69, 9.17) is 4.74 Å². The molecule has 0 bridgehead atoms. The Labute approximate surface area is 190 Å². The van der Waals surface area contributed by atoms with E-state index in [9.17, 15) is 19.5 Å². The molecule has 8 heteroatoms. The van der Waals surface area contributed by atoms with E-state index < -0.39 is 36.3 Å². The second kappa shape index (κ2) is 11.9. The second-order valence-corrected chi connectivity index (χ2v) is 9.17. The Morgan fingerprint density at radius 1 is 1.19 bits per heavy atom. The van der Waals surface area contributed by atoms with Crippen molar-refractivity contribution >= 4 is 17.9 Å². The molecule has 2 atom stereocenters. The monoisotopic (exact) mass is 447 g/mol. The number of nitrogens with one attached hydrogen (secondary N) is 2. The first-order valence-corrected chi connectivity index (χ1v) is 11.4. The molecule has 0 radical (unpaired) electrons. The number of benzene rings is 1. The van der Waals surface area contributed by atoms with Crippen molar-refractivity contribution in [3.63, 3.8) is 0 Å². The zero-order chi connectivity index (χ0) is 23.7. The molecule has 1 aliphatic carbocycles. The number of rotatable bonds is 10. The van der Waals surface area contributed by atoms with Crippen LogP contribution >= 0.6 is 0 Å². The number of hydrogen-bond acceptors (Lipinski definition) is 5. The minimum absolute atomic E-state index is 0.140. The maximum Gasteiger partial charge on any atom is 0.408 e. The Balaban J connectivity index is 2.32. The van der Waals surface area contributed by atoms with Gasteiger partial charge in [0.15, 0.2) is 0 Å². The lowest BCUT2D eigenvalue weighted by atomic mass is 9.88. The van der Waals surface area contributed by atoms with Crippen molar-refractivity contribution in [2.75, 3.05) is 13.2 Å². The maximum atomic E-state index is 13.6. The molecule has 0 spiro atoms. The topological polar surface area (TPSA) is 108 Å². The first-order chi connectivity index (χ1) is 15.2. The summed E-state index contributed by atoms with van der Waals surface area (Å²) < 4.78 is 5.25. The van der Waals surface area contributed by atoms with Crippen LogP contribution in [-0.4, -0.2) is 58.8 Å². The molecule has 1 fully saturated rings. The number of unbranched alkanes of at least 4 members (excludes halogenated alkanes) is 1. The molecule has 0 aromatic heterocycles. The van der Waals surface area contributed by atoms with Gasteiger partial charge in [0.25, 0.3) is 0 Å². The van der Waals surface area contributed by atoms with E-state index >= 15 is 0 Å². The Hall–Kier alpha value is -2.61. The van der Waals surface area contributed by atoms with Crippen LogP contribution in [0.5, 0.6) is 0 Å². The van der Waals surface area contributed by atoms with E-state index in [1.807, 2.05) is 37.3 Å². The van der Waals surface area contributed by atoms with Gasteiger partial charge in [-0.15, -0.1) is 0 Å². The average molecular weight is 448 g/mol. The van der Waals surface area contributed by atoms with E-state index in [1.54, 1.807) is 25.7 Å². The Kier molecular flexibility index (Phi) is 9.50. The van der Waals surface area contributed by atoms with Crippen LogP contribution in [0.1, 0.15) is 71.4 Å². The third kappa shape index (κ3) is 7.22. The number of amides is 3. The molecule has 0 saturated heterocycles. The largest absolute Gasteiger partial charge is 0.444 e. The molecule has 8 nitrogen and oxygen atoms in total.